The SMILES string of the molecule is COc1cn(Cc2cc(F)cc(Cl)c2)c(Nc2cccc(SC)c2C)nc1=O. The van der Waals surface area contributed by atoms with Crippen LogP contribution in [0.2, 0.25) is 5.02 Å². The number of nitrogens with one attached hydrogen (secondary N) is 1. The predicted octanol–water partition coefficient (Wildman–Crippen LogP) is 4.87. The van der Waals surface area contributed by atoms with Crippen LogP contribution in [-0.4, -0.2) is 22.9 Å². The van der Waals surface area contributed by atoms with Crippen LogP contribution in [0.4, 0.5) is 16.0 Å². The van der Waals surface area contributed by atoms with Crippen LogP contribution < -0.4 is 15.6 Å². The normalized spacial score (nSPS) is 10.8. The van der Waals surface area contributed by atoms with Crippen LogP contribution in [0.25, 0.3) is 0 Å². The van der Waals surface area contributed by atoms with Gasteiger partial charge in [0.15, 0.2) is 0 Å². The molecule has 3 rings (SSSR count). The summed E-state index contributed by atoms with van der Waals surface area (Å²) in [6.07, 6.45) is 3.55. The topological polar surface area (TPSA) is 56.1 Å². The van der Waals surface area contributed by atoms with E-state index in [9.17, 15) is 9.18 Å². The number of anilines is 2. The molecule has 0 amide bonds. The van der Waals surface area contributed by atoms with E-state index in [0.29, 0.717) is 16.5 Å². The summed E-state index contributed by atoms with van der Waals surface area (Å²) in [7, 11) is 1.40. The molecule has 8 heteroatoms. The molecular formula is C20H19ClFN3O2S. The van der Waals surface area contributed by atoms with Crippen molar-refractivity contribution in [3.05, 3.63) is 74.9 Å². The lowest BCUT2D eigenvalue weighted by Gasteiger charge is -2.17. The smallest absolute Gasteiger partial charge is 0.316 e. The number of thioether (sulfide) groups is 1. The zero-order valence-corrected chi connectivity index (χ0v) is 17.2. The molecule has 0 radical (unpaired) electrons. The van der Waals surface area contributed by atoms with Crippen LogP contribution in [0.5, 0.6) is 5.75 Å². The predicted molar refractivity (Wildman–Crippen MR) is 112 cm³/mol. The first-order chi connectivity index (χ1) is 13.4. The molecule has 0 aliphatic carbocycles. The Hall–Kier alpha value is -2.51. The van der Waals surface area contributed by atoms with Crippen molar-refractivity contribution in [1.29, 1.82) is 0 Å². The molecule has 1 aromatic heterocycles. The van der Waals surface area contributed by atoms with Gasteiger partial charge in [0.05, 0.1) is 19.9 Å². The highest BCUT2D eigenvalue weighted by atomic mass is 35.5. The zero-order chi connectivity index (χ0) is 20.3. The first kappa shape index (κ1) is 20.2. The number of ether oxygens (including phenoxy) is 1. The molecule has 1 N–H and O–H groups in total. The van der Waals surface area contributed by atoms with E-state index in [1.807, 2.05) is 31.4 Å². The van der Waals surface area contributed by atoms with E-state index in [1.165, 1.54) is 19.2 Å². The van der Waals surface area contributed by atoms with Crippen molar-refractivity contribution in [2.45, 2.75) is 18.4 Å². The van der Waals surface area contributed by atoms with E-state index in [4.69, 9.17) is 16.3 Å². The van der Waals surface area contributed by atoms with Gasteiger partial charge in [-0.1, -0.05) is 17.7 Å². The van der Waals surface area contributed by atoms with Crippen molar-refractivity contribution in [2.75, 3.05) is 18.7 Å². The van der Waals surface area contributed by atoms with Gasteiger partial charge in [-0.15, -0.1) is 11.8 Å². The van der Waals surface area contributed by atoms with Crippen molar-refractivity contribution in [2.24, 2.45) is 0 Å². The number of halogens is 2. The first-order valence-corrected chi connectivity index (χ1v) is 10.0. The molecule has 0 saturated heterocycles. The van der Waals surface area contributed by atoms with Gasteiger partial charge in [0, 0.05) is 15.6 Å². The maximum absolute atomic E-state index is 13.7. The third-order valence-electron chi connectivity index (χ3n) is 4.21. The van der Waals surface area contributed by atoms with Gasteiger partial charge in [0.25, 0.3) is 0 Å². The van der Waals surface area contributed by atoms with Gasteiger partial charge in [-0.25, -0.2) is 4.39 Å². The lowest BCUT2D eigenvalue weighted by Crippen LogP contribution is -2.19. The van der Waals surface area contributed by atoms with E-state index >= 15 is 0 Å². The molecule has 0 atom stereocenters. The fraction of sp³-hybridized carbons (Fsp3) is 0.200. The first-order valence-electron chi connectivity index (χ1n) is 8.42. The number of methoxy groups -OCH3 is 1. The highest BCUT2D eigenvalue weighted by Crippen LogP contribution is 2.28. The Morgan fingerprint density at radius 1 is 1.32 bits per heavy atom. The van der Waals surface area contributed by atoms with E-state index < -0.39 is 11.4 Å². The Kier molecular flexibility index (Phi) is 6.26. The Morgan fingerprint density at radius 2 is 2.11 bits per heavy atom. The largest absolute Gasteiger partial charge is 0.490 e. The van der Waals surface area contributed by atoms with E-state index in [0.717, 1.165) is 16.1 Å². The highest BCUT2D eigenvalue weighted by molar-refractivity contribution is 7.98. The lowest BCUT2D eigenvalue weighted by molar-refractivity contribution is 0.402. The Morgan fingerprint density at radius 3 is 2.79 bits per heavy atom. The molecule has 0 aliphatic heterocycles. The van der Waals surface area contributed by atoms with E-state index in [2.05, 4.69) is 10.3 Å². The van der Waals surface area contributed by atoms with Crippen molar-refractivity contribution in [3.8, 4) is 5.75 Å². The van der Waals surface area contributed by atoms with Gasteiger partial charge in [0.2, 0.25) is 11.7 Å². The number of hydrogen-bond acceptors (Lipinski definition) is 5. The highest BCUT2D eigenvalue weighted by Gasteiger charge is 2.12. The second-order valence-electron chi connectivity index (χ2n) is 6.10. The van der Waals surface area contributed by atoms with Crippen molar-refractivity contribution in [3.63, 3.8) is 0 Å². The van der Waals surface area contributed by atoms with Gasteiger partial charge in [0.1, 0.15) is 5.82 Å². The fourth-order valence-corrected chi connectivity index (χ4v) is 3.70. The minimum Gasteiger partial charge on any atom is -0.490 e. The van der Waals surface area contributed by atoms with Crippen LogP contribution in [0.3, 0.4) is 0 Å². The molecule has 1 heterocycles. The average Bonchev–Trinajstić information content (AvgIpc) is 2.64. The zero-order valence-electron chi connectivity index (χ0n) is 15.6. The standard InChI is InChI=1S/C20H19ClFN3O2S/c1-12-16(5-4-6-18(12)28-3)23-20-24-19(26)17(27-2)11-25(20)10-13-7-14(21)9-15(22)8-13/h4-9,11H,10H2,1-3H3,(H,23,24,26). The van der Waals surface area contributed by atoms with Gasteiger partial charge < -0.3 is 14.6 Å². The number of hydrogen-bond donors (Lipinski definition) is 1. The summed E-state index contributed by atoms with van der Waals surface area (Å²) in [6.45, 7) is 2.25. The second-order valence-corrected chi connectivity index (χ2v) is 7.39. The van der Waals surface area contributed by atoms with Gasteiger partial charge in [-0.3, -0.25) is 4.79 Å². The summed E-state index contributed by atoms with van der Waals surface area (Å²) in [5, 5.41) is 3.51. The van der Waals surface area contributed by atoms with Gasteiger partial charge >= 0.3 is 5.56 Å². The molecule has 146 valence electrons. The maximum atomic E-state index is 13.7. The van der Waals surface area contributed by atoms with Crippen molar-refractivity contribution >= 4 is 35.0 Å². The average molecular weight is 420 g/mol. The number of rotatable bonds is 6. The summed E-state index contributed by atoms with van der Waals surface area (Å²) in [5.41, 5.74) is 2.02. The molecular weight excluding hydrogens is 401 g/mol. The Labute approximate surface area is 171 Å². The molecule has 0 saturated carbocycles. The Balaban J connectivity index is 2.05. The van der Waals surface area contributed by atoms with Gasteiger partial charge in [-0.2, -0.15) is 4.98 Å². The summed E-state index contributed by atoms with van der Waals surface area (Å²) in [5.74, 6) is -0.00309. The van der Waals surface area contributed by atoms with E-state index in [-0.39, 0.29) is 12.3 Å². The molecule has 28 heavy (non-hydrogen) atoms. The minimum atomic E-state index is -0.489. The van der Waals surface area contributed by atoms with Crippen LogP contribution in [0.15, 0.2) is 52.3 Å². The molecule has 5 nitrogen and oxygen atoms in total. The molecule has 3 aromatic rings. The third-order valence-corrected chi connectivity index (χ3v) is 5.31. The number of aromatic nitrogens is 2. The van der Waals surface area contributed by atoms with Crippen LogP contribution in [0.1, 0.15) is 11.1 Å². The minimum absolute atomic E-state index is 0.0997. The molecule has 2 aromatic carbocycles. The van der Waals surface area contributed by atoms with Crippen LogP contribution >= 0.6 is 23.4 Å². The number of nitrogens with zero attached hydrogens (tertiary/aromatic N) is 2. The van der Waals surface area contributed by atoms with E-state index in [1.54, 1.807) is 28.6 Å². The van der Waals surface area contributed by atoms with Crippen molar-refractivity contribution < 1.29 is 9.13 Å². The summed E-state index contributed by atoms with van der Waals surface area (Å²) in [4.78, 5) is 17.4. The summed E-state index contributed by atoms with van der Waals surface area (Å²) < 4.78 is 20.5. The fourth-order valence-electron chi connectivity index (χ4n) is 2.82. The summed E-state index contributed by atoms with van der Waals surface area (Å²) >= 11 is 7.60. The molecule has 0 aliphatic rings. The van der Waals surface area contributed by atoms with Crippen LogP contribution in [-0.2, 0) is 6.54 Å². The van der Waals surface area contributed by atoms with Crippen molar-refractivity contribution in [1.82, 2.24) is 9.55 Å². The number of benzene rings is 2. The lowest BCUT2D eigenvalue weighted by atomic mass is 10.2. The monoisotopic (exact) mass is 419 g/mol. The quantitative estimate of drug-likeness (QED) is 0.578. The maximum Gasteiger partial charge on any atom is 0.316 e. The molecule has 0 spiro atoms. The van der Waals surface area contributed by atoms with Crippen LogP contribution in [0, 0.1) is 12.7 Å². The second kappa shape index (κ2) is 8.67. The van der Waals surface area contributed by atoms with Gasteiger partial charge in [-0.05, 0) is 54.6 Å². The molecule has 0 bridgehead atoms. The summed E-state index contributed by atoms with van der Waals surface area (Å²) in [6, 6.07) is 10.2. The molecule has 0 fully saturated rings. The molecule has 0 unspecified atom stereocenters. The Bertz CT molecular complexity index is 1050. The third kappa shape index (κ3) is 4.48.